The molecule has 1 aliphatic rings. The number of hydrogen-bond donors (Lipinski definition) is 1. The molecule has 0 aromatic rings. The van der Waals surface area contributed by atoms with Gasteiger partial charge in [-0.05, 0) is 0 Å². The molecule has 0 amide bonds. The van der Waals surface area contributed by atoms with Gasteiger partial charge in [0.25, 0.3) is 5.34 Å². The molecule has 0 fully saturated rings. The summed E-state index contributed by atoms with van der Waals surface area (Å²) >= 11 is 0. The molecule has 9 heteroatoms. The van der Waals surface area contributed by atoms with Crippen LogP contribution in [0.2, 0.25) is 0 Å². The summed E-state index contributed by atoms with van der Waals surface area (Å²) in [5, 5.41) is 6.99. The molecule has 0 aromatic carbocycles. The standard InChI is InChI=1S/C8H13O8P/c1-12-8(7(9)10,6-4-15-16-5-6)17(11,13-2)14-3/h4H,5H2,1-3H3,(H,9,10). The zero-order valence-electron chi connectivity index (χ0n) is 9.54. The first-order valence-electron chi connectivity index (χ1n) is 4.46. The van der Waals surface area contributed by atoms with E-state index in [1.807, 2.05) is 0 Å². The normalized spacial score (nSPS) is 19.4. The quantitative estimate of drug-likeness (QED) is 0.556. The van der Waals surface area contributed by atoms with Crippen LogP contribution in [0.5, 0.6) is 0 Å². The van der Waals surface area contributed by atoms with Gasteiger partial charge >= 0.3 is 13.6 Å². The molecule has 0 aromatic heterocycles. The highest BCUT2D eigenvalue weighted by atomic mass is 31.2. The van der Waals surface area contributed by atoms with Crippen LogP contribution in [0.4, 0.5) is 0 Å². The number of ether oxygens (including phenoxy) is 1. The van der Waals surface area contributed by atoms with Gasteiger partial charge in [0.2, 0.25) is 0 Å². The predicted octanol–water partition coefficient (Wildman–Crippen LogP) is 0.745. The maximum atomic E-state index is 12.3. The Morgan fingerprint density at radius 1 is 1.47 bits per heavy atom. The Balaban J connectivity index is 3.36. The SMILES string of the molecule is COC(C(=O)O)(C1=COOC1)P(=O)(OC)OC. The minimum absolute atomic E-state index is 0.000432. The third-order valence-electron chi connectivity index (χ3n) is 2.36. The van der Waals surface area contributed by atoms with E-state index in [9.17, 15) is 14.5 Å². The lowest BCUT2D eigenvalue weighted by Crippen LogP contribution is -2.44. The number of carboxylic acids is 1. The van der Waals surface area contributed by atoms with Gasteiger partial charge in [-0.2, -0.15) is 4.89 Å². The minimum atomic E-state index is -4.08. The second kappa shape index (κ2) is 5.16. The van der Waals surface area contributed by atoms with Crippen molar-refractivity contribution in [1.29, 1.82) is 0 Å². The third kappa shape index (κ3) is 1.98. The van der Waals surface area contributed by atoms with Crippen molar-refractivity contribution in [3.8, 4) is 0 Å². The molecule has 17 heavy (non-hydrogen) atoms. The van der Waals surface area contributed by atoms with Gasteiger partial charge in [0.1, 0.15) is 12.9 Å². The molecule has 1 heterocycles. The zero-order valence-corrected chi connectivity index (χ0v) is 10.4. The lowest BCUT2D eigenvalue weighted by Gasteiger charge is -2.32. The highest BCUT2D eigenvalue weighted by molar-refractivity contribution is 7.56. The van der Waals surface area contributed by atoms with Crippen molar-refractivity contribution in [2.24, 2.45) is 0 Å². The Bertz CT molecular complexity index is 370. The Labute approximate surface area is 97.5 Å². The van der Waals surface area contributed by atoms with Gasteiger partial charge in [-0.25, -0.2) is 4.79 Å². The first-order chi connectivity index (χ1) is 7.98. The predicted molar refractivity (Wildman–Crippen MR) is 54.1 cm³/mol. The highest BCUT2D eigenvalue weighted by Gasteiger charge is 2.61. The van der Waals surface area contributed by atoms with Crippen LogP contribution in [0.1, 0.15) is 0 Å². The zero-order chi connectivity index (χ0) is 13.1. The second-order valence-corrected chi connectivity index (χ2v) is 5.37. The van der Waals surface area contributed by atoms with Crippen LogP contribution in [0.15, 0.2) is 11.8 Å². The maximum Gasteiger partial charge on any atom is 0.377 e. The summed E-state index contributed by atoms with van der Waals surface area (Å²) in [6, 6.07) is 0. The summed E-state index contributed by atoms with van der Waals surface area (Å²) in [4.78, 5) is 20.4. The van der Waals surface area contributed by atoms with Crippen molar-refractivity contribution >= 4 is 13.6 Å². The van der Waals surface area contributed by atoms with E-state index < -0.39 is 18.9 Å². The van der Waals surface area contributed by atoms with E-state index in [-0.39, 0.29) is 12.2 Å². The number of carboxylic acid groups (broad SMARTS) is 1. The molecule has 1 atom stereocenters. The fraction of sp³-hybridized carbons (Fsp3) is 0.625. The van der Waals surface area contributed by atoms with Crippen molar-refractivity contribution in [3.63, 3.8) is 0 Å². The smallest absolute Gasteiger partial charge is 0.377 e. The van der Waals surface area contributed by atoms with Gasteiger partial charge in [-0.15, -0.1) is 0 Å². The fourth-order valence-corrected chi connectivity index (χ4v) is 3.08. The van der Waals surface area contributed by atoms with E-state index in [2.05, 4.69) is 9.78 Å². The number of rotatable bonds is 6. The molecule has 0 aliphatic carbocycles. The van der Waals surface area contributed by atoms with Crippen molar-refractivity contribution < 1.29 is 38.0 Å². The van der Waals surface area contributed by atoms with Crippen LogP contribution in [0.25, 0.3) is 0 Å². The maximum absolute atomic E-state index is 12.3. The lowest BCUT2D eigenvalue weighted by molar-refractivity contribution is -0.222. The first kappa shape index (κ1) is 14.1. The van der Waals surface area contributed by atoms with Gasteiger partial charge in [0.05, 0.1) is 5.57 Å². The topological polar surface area (TPSA) is 101 Å². The van der Waals surface area contributed by atoms with E-state index in [0.717, 1.165) is 27.6 Å². The average Bonchev–Trinajstić information content (AvgIpc) is 2.83. The number of methoxy groups -OCH3 is 1. The molecule has 0 radical (unpaired) electrons. The fourth-order valence-electron chi connectivity index (χ4n) is 1.49. The molecule has 0 saturated heterocycles. The Morgan fingerprint density at radius 3 is 2.35 bits per heavy atom. The van der Waals surface area contributed by atoms with Crippen LogP contribution in [0, 0.1) is 0 Å². The Morgan fingerprint density at radius 2 is 2.06 bits per heavy atom. The molecule has 0 saturated carbocycles. The Kier molecular flexibility index (Phi) is 4.29. The first-order valence-corrected chi connectivity index (χ1v) is 6.00. The number of aliphatic carboxylic acids is 1. The molecular formula is C8H13O8P. The van der Waals surface area contributed by atoms with E-state index >= 15 is 0 Å². The van der Waals surface area contributed by atoms with Crippen molar-refractivity contribution in [3.05, 3.63) is 11.8 Å². The van der Waals surface area contributed by atoms with Crippen molar-refractivity contribution in [2.45, 2.75) is 5.34 Å². The number of hydrogen-bond acceptors (Lipinski definition) is 7. The van der Waals surface area contributed by atoms with Crippen LogP contribution >= 0.6 is 7.60 Å². The summed E-state index contributed by atoms with van der Waals surface area (Å²) in [6.45, 7) is -0.211. The van der Waals surface area contributed by atoms with E-state index in [1.165, 1.54) is 0 Å². The van der Waals surface area contributed by atoms with Gasteiger partial charge in [-0.1, -0.05) is 0 Å². The molecule has 1 unspecified atom stereocenters. The van der Waals surface area contributed by atoms with E-state index in [0.29, 0.717) is 0 Å². The molecular weight excluding hydrogens is 255 g/mol. The summed E-state index contributed by atoms with van der Waals surface area (Å²) in [5.41, 5.74) is -0.000432. The van der Waals surface area contributed by atoms with Crippen molar-refractivity contribution in [2.75, 3.05) is 27.9 Å². The van der Waals surface area contributed by atoms with Crippen LogP contribution in [0.3, 0.4) is 0 Å². The van der Waals surface area contributed by atoms with Crippen LogP contribution in [-0.2, 0) is 32.9 Å². The van der Waals surface area contributed by atoms with Gasteiger partial charge in [0.15, 0.2) is 0 Å². The van der Waals surface area contributed by atoms with Crippen LogP contribution < -0.4 is 0 Å². The largest absolute Gasteiger partial charge is 0.478 e. The monoisotopic (exact) mass is 268 g/mol. The summed E-state index contributed by atoms with van der Waals surface area (Å²) in [6.07, 6.45) is 1.00. The summed E-state index contributed by atoms with van der Waals surface area (Å²) in [5.74, 6) is -1.52. The molecule has 1 aliphatic heterocycles. The average molecular weight is 268 g/mol. The lowest BCUT2D eigenvalue weighted by atomic mass is 10.1. The van der Waals surface area contributed by atoms with E-state index in [1.54, 1.807) is 0 Å². The molecule has 98 valence electrons. The molecule has 8 nitrogen and oxygen atoms in total. The second-order valence-electron chi connectivity index (χ2n) is 3.02. The van der Waals surface area contributed by atoms with Gasteiger partial charge in [-0.3, -0.25) is 4.57 Å². The highest BCUT2D eigenvalue weighted by Crippen LogP contribution is 2.62. The van der Waals surface area contributed by atoms with Crippen molar-refractivity contribution in [1.82, 2.24) is 0 Å². The molecule has 1 rings (SSSR count). The Hall–Kier alpha value is -0.920. The summed E-state index contributed by atoms with van der Waals surface area (Å²) in [7, 11) is -0.861. The molecule has 1 N–H and O–H groups in total. The van der Waals surface area contributed by atoms with E-state index in [4.69, 9.17) is 13.8 Å². The van der Waals surface area contributed by atoms with Gasteiger partial charge in [0, 0.05) is 21.3 Å². The number of carbonyl (C=O) groups is 1. The van der Waals surface area contributed by atoms with Crippen LogP contribution in [-0.4, -0.2) is 44.4 Å². The summed E-state index contributed by atoms with van der Waals surface area (Å²) < 4.78 is 26.6. The molecule has 0 spiro atoms. The third-order valence-corrected chi connectivity index (χ3v) is 4.75. The van der Waals surface area contributed by atoms with Gasteiger partial charge < -0.3 is 23.8 Å². The minimum Gasteiger partial charge on any atom is -0.478 e. The molecule has 0 bridgehead atoms.